The maximum absolute atomic E-state index is 13.6. The van der Waals surface area contributed by atoms with Gasteiger partial charge in [0.25, 0.3) is 0 Å². The summed E-state index contributed by atoms with van der Waals surface area (Å²) < 4.78 is 26.9. The number of fused-ring (bicyclic) bond motifs is 1. The molecule has 2 heterocycles. The minimum Gasteiger partial charge on any atom is -0.347 e. The van der Waals surface area contributed by atoms with Gasteiger partial charge >= 0.3 is 0 Å². The highest BCUT2D eigenvalue weighted by molar-refractivity contribution is 9.10. The van der Waals surface area contributed by atoms with Crippen LogP contribution >= 0.6 is 15.9 Å². The average molecular weight is 357 g/mol. The number of benzene rings is 1. The largest absolute Gasteiger partial charge is 0.347 e. The number of anilines is 1. The Bertz CT molecular complexity index is 703. The first-order valence-electron chi connectivity index (χ1n) is 6.24. The van der Waals surface area contributed by atoms with Crippen molar-refractivity contribution in [2.24, 2.45) is 0 Å². The predicted molar refractivity (Wildman–Crippen MR) is 75.6 cm³/mol. The van der Waals surface area contributed by atoms with E-state index in [0.29, 0.717) is 13.0 Å². The van der Waals surface area contributed by atoms with Crippen molar-refractivity contribution in [2.75, 3.05) is 5.32 Å². The Morgan fingerprint density at radius 3 is 3.00 bits per heavy atom. The number of aromatic nitrogens is 2. The molecule has 0 bridgehead atoms. The molecule has 0 aliphatic carbocycles. The van der Waals surface area contributed by atoms with E-state index < -0.39 is 17.7 Å². The van der Waals surface area contributed by atoms with Gasteiger partial charge in [-0.05, 0) is 22.0 Å². The fourth-order valence-electron chi connectivity index (χ4n) is 2.19. The second-order valence-corrected chi connectivity index (χ2v) is 5.56. The number of nitrogens with one attached hydrogen (secondary N) is 3. The molecule has 0 fully saturated rings. The lowest BCUT2D eigenvalue weighted by molar-refractivity contribution is -0.118. The van der Waals surface area contributed by atoms with Crippen LogP contribution in [0.5, 0.6) is 0 Å². The van der Waals surface area contributed by atoms with Crippen LogP contribution in [0.15, 0.2) is 22.9 Å². The Hall–Kier alpha value is -1.80. The maximum atomic E-state index is 13.6. The summed E-state index contributed by atoms with van der Waals surface area (Å²) in [6.07, 6.45) is 1.98. The molecule has 0 spiro atoms. The number of nitrogens with zero attached hydrogens (tertiary/aromatic N) is 1. The first-order valence-corrected chi connectivity index (χ1v) is 7.04. The molecule has 21 heavy (non-hydrogen) atoms. The number of halogens is 3. The third-order valence-corrected chi connectivity index (χ3v) is 3.92. The minimum atomic E-state index is -0.819. The second-order valence-electron chi connectivity index (χ2n) is 4.70. The highest BCUT2D eigenvalue weighted by Crippen LogP contribution is 2.24. The van der Waals surface area contributed by atoms with Crippen molar-refractivity contribution < 1.29 is 13.6 Å². The van der Waals surface area contributed by atoms with E-state index in [9.17, 15) is 13.6 Å². The molecule has 1 aliphatic rings. The minimum absolute atomic E-state index is 0.0668. The Morgan fingerprint density at radius 1 is 1.38 bits per heavy atom. The van der Waals surface area contributed by atoms with Gasteiger partial charge in [-0.1, -0.05) is 0 Å². The Kier molecular flexibility index (Phi) is 3.73. The van der Waals surface area contributed by atoms with Crippen LogP contribution in [0.3, 0.4) is 0 Å². The lowest BCUT2D eigenvalue weighted by Gasteiger charge is -2.22. The van der Waals surface area contributed by atoms with E-state index in [1.165, 1.54) is 6.07 Å². The molecule has 0 radical (unpaired) electrons. The summed E-state index contributed by atoms with van der Waals surface area (Å²) in [6, 6.07) is 1.41. The molecule has 2 aromatic rings. The SMILES string of the molecule is O=C(Nc1cc(Br)c(F)cc1F)C1Cc2nc[nH]c2CN1. The van der Waals surface area contributed by atoms with Gasteiger partial charge in [-0.25, -0.2) is 13.8 Å². The molecule has 1 atom stereocenters. The average Bonchev–Trinajstić information content (AvgIpc) is 2.92. The van der Waals surface area contributed by atoms with Gasteiger partial charge in [0, 0.05) is 19.0 Å². The smallest absolute Gasteiger partial charge is 0.242 e. The Morgan fingerprint density at radius 2 is 2.19 bits per heavy atom. The summed E-state index contributed by atoms with van der Waals surface area (Å²) in [4.78, 5) is 19.3. The number of aromatic amines is 1. The van der Waals surface area contributed by atoms with Gasteiger partial charge in [0.15, 0.2) is 0 Å². The molecule has 1 aliphatic heterocycles. The summed E-state index contributed by atoms with van der Waals surface area (Å²) in [6.45, 7) is 0.489. The molecule has 110 valence electrons. The highest BCUT2D eigenvalue weighted by Gasteiger charge is 2.26. The molecule has 1 aromatic carbocycles. The third-order valence-electron chi connectivity index (χ3n) is 3.31. The first-order chi connectivity index (χ1) is 10.0. The van der Waals surface area contributed by atoms with Crippen molar-refractivity contribution in [3.63, 3.8) is 0 Å². The van der Waals surface area contributed by atoms with Crippen LogP contribution in [0, 0.1) is 11.6 Å². The van der Waals surface area contributed by atoms with Crippen molar-refractivity contribution in [3.8, 4) is 0 Å². The Labute approximate surface area is 127 Å². The highest BCUT2D eigenvalue weighted by atomic mass is 79.9. The van der Waals surface area contributed by atoms with Crippen LogP contribution in [0.25, 0.3) is 0 Å². The summed E-state index contributed by atoms with van der Waals surface area (Å²) in [5.41, 5.74) is 1.69. The molecule has 1 amide bonds. The topological polar surface area (TPSA) is 69.8 Å². The summed E-state index contributed by atoms with van der Waals surface area (Å²) >= 11 is 2.96. The van der Waals surface area contributed by atoms with E-state index in [2.05, 4.69) is 36.5 Å². The lowest BCUT2D eigenvalue weighted by Crippen LogP contribution is -2.44. The standard InChI is InChI=1S/C13H11BrF2N4O/c14-6-1-9(8(16)2-7(6)15)20-13(21)11-3-10-12(4-17-11)19-5-18-10/h1-2,5,11,17H,3-4H2,(H,18,19)(H,20,21). The van der Waals surface area contributed by atoms with Crippen molar-refractivity contribution in [2.45, 2.75) is 19.0 Å². The van der Waals surface area contributed by atoms with E-state index >= 15 is 0 Å². The number of carbonyl (C=O) groups excluding carboxylic acids is 1. The molecule has 0 saturated heterocycles. The van der Waals surface area contributed by atoms with Gasteiger partial charge in [0.2, 0.25) is 5.91 Å². The van der Waals surface area contributed by atoms with E-state index in [0.717, 1.165) is 17.5 Å². The number of H-pyrrole nitrogens is 1. The van der Waals surface area contributed by atoms with Crippen molar-refractivity contribution in [3.05, 3.63) is 46.0 Å². The van der Waals surface area contributed by atoms with Gasteiger partial charge in [-0.2, -0.15) is 0 Å². The molecule has 8 heteroatoms. The second kappa shape index (κ2) is 5.53. The number of carbonyl (C=O) groups is 1. The molecular formula is C13H11BrF2N4O. The fourth-order valence-corrected chi connectivity index (χ4v) is 2.54. The van der Waals surface area contributed by atoms with Crippen LogP contribution in [0.2, 0.25) is 0 Å². The summed E-state index contributed by atoms with van der Waals surface area (Å²) in [5, 5.41) is 5.50. The molecule has 0 saturated carbocycles. The molecular weight excluding hydrogens is 346 g/mol. The van der Waals surface area contributed by atoms with Gasteiger partial charge in [0.1, 0.15) is 11.6 Å². The monoisotopic (exact) mass is 356 g/mol. The summed E-state index contributed by atoms with van der Waals surface area (Å²) in [5.74, 6) is -1.93. The zero-order chi connectivity index (χ0) is 15.0. The van der Waals surface area contributed by atoms with Crippen LogP contribution < -0.4 is 10.6 Å². The number of hydrogen-bond acceptors (Lipinski definition) is 3. The lowest BCUT2D eigenvalue weighted by atomic mass is 10.0. The number of amides is 1. The number of imidazole rings is 1. The van der Waals surface area contributed by atoms with E-state index in [4.69, 9.17) is 0 Å². The molecule has 3 rings (SSSR count). The fraction of sp³-hybridized carbons (Fsp3) is 0.231. The van der Waals surface area contributed by atoms with E-state index in [-0.39, 0.29) is 16.1 Å². The van der Waals surface area contributed by atoms with Gasteiger partial charge in [-0.15, -0.1) is 0 Å². The van der Waals surface area contributed by atoms with Crippen molar-refractivity contribution >= 4 is 27.5 Å². The quantitative estimate of drug-likeness (QED) is 0.721. The van der Waals surface area contributed by atoms with Crippen LogP contribution in [-0.4, -0.2) is 21.9 Å². The zero-order valence-electron chi connectivity index (χ0n) is 10.7. The first kappa shape index (κ1) is 14.2. The normalized spacial score (nSPS) is 17.4. The third kappa shape index (κ3) is 2.81. The number of rotatable bonds is 2. The maximum Gasteiger partial charge on any atom is 0.242 e. The zero-order valence-corrected chi connectivity index (χ0v) is 12.3. The number of hydrogen-bond donors (Lipinski definition) is 3. The van der Waals surface area contributed by atoms with Crippen molar-refractivity contribution in [1.82, 2.24) is 15.3 Å². The van der Waals surface area contributed by atoms with E-state index in [1.54, 1.807) is 6.33 Å². The van der Waals surface area contributed by atoms with Gasteiger partial charge in [0.05, 0.1) is 33.9 Å². The van der Waals surface area contributed by atoms with E-state index in [1.807, 2.05) is 0 Å². The van der Waals surface area contributed by atoms with Crippen LogP contribution in [0.1, 0.15) is 11.4 Å². The van der Waals surface area contributed by atoms with Gasteiger partial charge < -0.3 is 10.3 Å². The molecule has 1 aromatic heterocycles. The Balaban J connectivity index is 1.74. The molecule has 3 N–H and O–H groups in total. The molecule has 1 unspecified atom stereocenters. The van der Waals surface area contributed by atoms with Crippen molar-refractivity contribution in [1.29, 1.82) is 0 Å². The van der Waals surface area contributed by atoms with Crippen LogP contribution in [0.4, 0.5) is 14.5 Å². The predicted octanol–water partition coefficient (Wildman–Crippen LogP) is 2.10. The van der Waals surface area contributed by atoms with Crippen LogP contribution in [-0.2, 0) is 17.8 Å². The molecule has 5 nitrogen and oxygen atoms in total. The van der Waals surface area contributed by atoms with Gasteiger partial charge in [-0.3, -0.25) is 10.1 Å². The summed E-state index contributed by atoms with van der Waals surface area (Å²) in [7, 11) is 0.